The Morgan fingerprint density at radius 1 is 1.03 bits per heavy atom. The van der Waals surface area contributed by atoms with E-state index in [1.807, 2.05) is 0 Å². The van der Waals surface area contributed by atoms with Gasteiger partial charge in [0.2, 0.25) is 5.91 Å². The number of benzene rings is 2. The van der Waals surface area contributed by atoms with E-state index >= 15 is 0 Å². The van der Waals surface area contributed by atoms with Crippen molar-refractivity contribution >= 4 is 46.4 Å². The Labute approximate surface area is 181 Å². The molecular weight excluding hydrogens is 448 g/mol. The molecule has 0 aromatic heterocycles. The lowest BCUT2D eigenvalue weighted by molar-refractivity contribution is -0.137. The quantitative estimate of drug-likeness (QED) is 0.558. The summed E-state index contributed by atoms with van der Waals surface area (Å²) in [5.74, 6) is -0.639. The molecule has 1 N–H and O–H groups in total. The number of hydrogen-bond donors (Lipinski definition) is 1. The van der Waals surface area contributed by atoms with Crippen molar-refractivity contribution in [3.63, 3.8) is 0 Å². The molecule has 0 bridgehead atoms. The van der Waals surface area contributed by atoms with Crippen LogP contribution in [0, 0.1) is 5.92 Å². The van der Waals surface area contributed by atoms with Crippen molar-refractivity contribution in [1.82, 2.24) is 4.90 Å². The molecule has 0 atom stereocenters. The number of amides is 1. The van der Waals surface area contributed by atoms with Crippen LogP contribution in [-0.2, 0) is 17.5 Å². The molecule has 0 unspecified atom stereocenters. The third-order valence-electron chi connectivity index (χ3n) is 4.95. The van der Waals surface area contributed by atoms with E-state index in [4.69, 9.17) is 34.8 Å². The van der Waals surface area contributed by atoms with Crippen molar-refractivity contribution in [3.05, 3.63) is 62.6 Å². The number of carbonyl (C=O) groups excluding carboxylic acids is 1. The zero-order valence-electron chi connectivity index (χ0n) is 15.2. The highest BCUT2D eigenvalue weighted by molar-refractivity contribution is 6.36. The Morgan fingerprint density at radius 2 is 1.66 bits per heavy atom. The maximum absolute atomic E-state index is 12.9. The van der Waals surface area contributed by atoms with Crippen LogP contribution in [0.3, 0.4) is 0 Å². The Hall–Kier alpha value is -1.47. The molecule has 1 aliphatic rings. The number of rotatable bonds is 4. The van der Waals surface area contributed by atoms with Crippen LogP contribution in [0.15, 0.2) is 36.4 Å². The zero-order valence-corrected chi connectivity index (χ0v) is 17.5. The lowest BCUT2D eigenvalue weighted by atomic mass is 9.95. The molecule has 1 fully saturated rings. The van der Waals surface area contributed by atoms with E-state index in [1.165, 1.54) is 0 Å². The van der Waals surface area contributed by atoms with Gasteiger partial charge in [-0.15, -0.1) is 0 Å². The summed E-state index contributed by atoms with van der Waals surface area (Å²) in [7, 11) is 0. The van der Waals surface area contributed by atoms with E-state index in [2.05, 4.69) is 10.2 Å². The lowest BCUT2D eigenvalue weighted by Gasteiger charge is -2.31. The molecule has 2 aromatic rings. The molecule has 29 heavy (non-hydrogen) atoms. The van der Waals surface area contributed by atoms with Crippen LogP contribution in [0.4, 0.5) is 18.9 Å². The first-order valence-corrected chi connectivity index (χ1v) is 10.1. The monoisotopic (exact) mass is 464 g/mol. The number of alkyl halides is 3. The fraction of sp³-hybridized carbons (Fsp3) is 0.350. The molecule has 0 saturated carbocycles. The van der Waals surface area contributed by atoms with Gasteiger partial charge >= 0.3 is 6.18 Å². The molecule has 1 saturated heterocycles. The topological polar surface area (TPSA) is 32.3 Å². The molecule has 3 rings (SSSR count). The van der Waals surface area contributed by atoms with Gasteiger partial charge in [-0.3, -0.25) is 9.69 Å². The number of carbonyl (C=O) groups is 1. The third kappa shape index (κ3) is 5.57. The van der Waals surface area contributed by atoms with Crippen molar-refractivity contribution in [2.75, 3.05) is 18.4 Å². The third-order valence-corrected chi connectivity index (χ3v) is 5.99. The molecule has 2 aromatic carbocycles. The first-order valence-electron chi connectivity index (χ1n) is 8.98. The number of piperidine rings is 1. The minimum atomic E-state index is -4.50. The van der Waals surface area contributed by atoms with Crippen molar-refractivity contribution in [2.24, 2.45) is 5.92 Å². The molecule has 9 heteroatoms. The van der Waals surface area contributed by atoms with E-state index in [9.17, 15) is 18.0 Å². The fourth-order valence-corrected chi connectivity index (χ4v) is 3.97. The summed E-state index contributed by atoms with van der Waals surface area (Å²) in [5.41, 5.74) is -0.0464. The number of anilines is 1. The largest absolute Gasteiger partial charge is 0.416 e. The maximum Gasteiger partial charge on any atom is 0.416 e. The average Bonchev–Trinajstić information content (AvgIpc) is 2.66. The molecule has 3 nitrogen and oxygen atoms in total. The summed E-state index contributed by atoms with van der Waals surface area (Å²) in [6, 6.07) is 8.22. The molecule has 1 amide bonds. The predicted octanol–water partition coefficient (Wildman–Crippen LogP) is 6.52. The van der Waals surface area contributed by atoms with Crippen LogP contribution in [0.25, 0.3) is 0 Å². The first kappa shape index (κ1) is 22.2. The van der Waals surface area contributed by atoms with Crippen molar-refractivity contribution in [3.8, 4) is 0 Å². The van der Waals surface area contributed by atoms with Crippen molar-refractivity contribution < 1.29 is 18.0 Å². The second-order valence-corrected chi connectivity index (χ2v) is 8.15. The van der Waals surface area contributed by atoms with Crippen LogP contribution in [0.2, 0.25) is 15.1 Å². The second-order valence-electron chi connectivity index (χ2n) is 6.93. The second kappa shape index (κ2) is 9.13. The molecule has 0 aliphatic carbocycles. The van der Waals surface area contributed by atoms with Gasteiger partial charge in [-0.05, 0) is 56.3 Å². The Morgan fingerprint density at radius 3 is 2.24 bits per heavy atom. The van der Waals surface area contributed by atoms with E-state index in [1.54, 1.807) is 18.2 Å². The number of nitrogens with zero attached hydrogens (tertiary/aromatic N) is 1. The SMILES string of the molecule is O=C(Nc1cc(C(F)(F)F)ccc1Cl)C1CCN(Cc2c(Cl)cccc2Cl)CC1. The summed E-state index contributed by atoms with van der Waals surface area (Å²) < 4.78 is 38.7. The van der Waals surface area contributed by atoms with E-state index in [-0.39, 0.29) is 22.5 Å². The van der Waals surface area contributed by atoms with Crippen LogP contribution in [0.1, 0.15) is 24.0 Å². The summed E-state index contributed by atoms with van der Waals surface area (Å²) in [5, 5.41) is 3.80. The summed E-state index contributed by atoms with van der Waals surface area (Å²) in [4.78, 5) is 14.7. The summed E-state index contributed by atoms with van der Waals surface area (Å²) >= 11 is 18.4. The fourth-order valence-electron chi connectivity index (χ4n) is 3.29. The highest BCUT2D eigenvalue weighted by atomic mass is 35.5. The van der Waals surface area contributed by atoms with E-state index < -0.39 is 11.7 Å². The number of hydrogen-bond acceptors (Lipinski definition) is 2. The Bertz CT molecular complexity index is 877. The lowest BCUT2D eigenvalue weighted by Crippen LogP contribution is -2.37. The normalized spacial score (nSPS) is 16.1. The molecule has 0 spiro atoms. The van der Waals surface area contributed by atoms with E-state index in [0.29, 0.717) is 42.5 Å². The summed E-state index contributed by atoms with van der Waals surface area (Å²) in [6.45, 7) is 1.87. The van der Waals surface area contributed by atoms with Gasteiger partial charge in [-0.1, -0.05) is 40.9 Å². The minimum Gasteiger partial charge on any atom is -0.325 e. The molecule has 1 heterocycles. The van der Waals surface area contributed by atoms with Gasteiger partial charge in [0.05, 0.1) is 16.3 Å². The van der Waals surface area contributed by atoms with Gasteiger partial charge in [0.15, 0.2) is 0 Å². The van der Waals surface area contributed by atoms with Crippen LogP contribution < -0.4 is 5.32 Å². The zero-order chi connectivity index (χ0) is 21.2. The van der Waals surface area contributed by atoms with Crippen LogP contribution in [-0.4, -0.2) is 23.9 Å². The van der Waals surface area contributed by atoms with Crippen LogP contribution >= 0.6 is 34.8 Å². The average molecular weight is 466 g/mol. The molecule has 156 valence electrons. The van der Waals surface area contributed by atoms with Gasteiger partial charge in [-0.25, -0.2) is 0 Å². The smallest absolute Gasteiger partial charge is 0.325 e. The van der Waals surface area contributed by atoms with E-state index in [0.717, 1.165) is 23.8 Å². The van der Waals surface area contributed by atoms with Crippen LogP contribution in [0.5, 0.6) is 0 Å². The highest BCUT2D eigenvalue weighted by Gasteiger charge is 2.32. The highest BCUT2D eigenvalue weighted by Crippen LogP contribution is 2.34. The molecular formula is C20H18Cl3F3N2O. The maximum atomic E-state index is 12.9. The van der Waals surface area contributed by atoms with Gasteiger partial charge in [0.25, 0.3) is 0 Å². The predicted molar refractivity (Wildman–Crippen MR) is 110 cm³/mol. The van der Waals surface area contributed by atoms with Gasteiger partial charge in [0.1, 0.15) is 0 Å². The van der Waals surface area contributed by atoms with Gasteiger partial charge in [0, 0.05) is 28.1 Å². The number of likely N-dealkylation sites (tertiary alicyclic amines) is 1. The van der Waals surface area contributed by atoms with Crippen molar-refractivity contribution in [1.29, 1.82) is 0 Å². The van der Waals surface area contributed by atoms with Gasteiger partial charge in [-0.2, -0.15) is 13.2 Å². The molecule has 0 radical (unpaired) electrons. The summed E-state index contributed by atoms with van der Waals surface area (Å²) in [6.07, 6.45) is -3.36. The number of halogens is 6. The molecule has 1 aliphatic heterocycles. The first-order chi connectivity index (χ1) is 13.6. The Balaban J connectivity index is 1.59. The minimum absolute atomic E-state index is 0.0308. The van der Waals surface area contributed by atoms with Crippen molar-refractivity contribution in [2.45, 2.75) is 25.6 Å². The standard InChI is InChI=1S/C20H18Cl3F3N2O/c21-15-2-1-3-16(22)14(15)11-28-8-6-12(7-9-28)19(29)27-18-10-13(20(24,25)26)4-5-17(18)23/h1-5,10,12H,6-9,11H2,(H,27,29). The number of nitrogens with one attached hydrogen (secondary N) is 1. The Kier molecular flexibility index (Phi) is 6.99. The van der Waals surface area contributed by atoms with Gasteiger partial charge < -0.3 is 5.32 Å².